The van der Waals surface area contributed by atoms with Gasteiger partial charge in [-0.25, -0.2) is 9.67 Å². The lowest BCUT2D eigenvalue weighted by Gasteiger charge is -2.09. The van der Waals surface area contributed by atoms with Gasteiger partial charge in [0.05, 0.1) is 23.2 Å². The Bertz CT molecular complexity index is 562. The van der Waals surface area contributed by atoms with Crippen molar-refractivity contribution in [3.63, 3.8) is 0 Å². The van der Waals surface area contributed by atoms with Gasteiger partial charge in [-0.15, -0.1) is 0 Å². The Labute approximate surface area is 106 Å². The molecule has 0 unspecified atom stereocenters. The molecule has 96 valence electrons. The number of hydrogen-bond donors (Lipinski definition) is 1. The van der Waals surface area contributed by atoms with E-state index in [0.29, 0.717) is 17.5 Å². The van der Waals surface area contributed by atoms with E-state index in [2.05, 4.69) is 15.1 Å². The summed E-state index contributed by atoms with van der Waals surface area (Å²) >= 11 is 0. The number of hydrogen-bond acceptors (Lipinski definition) is 5. The summed E-state index contributed by atoms with van der Waals surface area (Å²) in [6.45, 7) is 7.63. The van der Waals surface area contributed by atoms with E-state index < -0.39 is 0 Å². The summed E-state index contributed by atoms with van der Waals surface area (Å²) in [5.74, 6) is 0.992. The Morgan fingerprint density at radius 1 is 1.33 bits per heavy atom. The highest BCUT2D eigenvalue weighted by Gasteiger charge is 2.12. The van der Waals surface area contributed by atoms with Gasteiger partial charge >= 0.3 is 0 Å². The van der Waals surface area contributed by atoms with Gasteiger partial charge in [-0.2, -0.15) is 10.1 Å². The minimum absolute atomic E-state index is 0.0678. The van der Waals surface area contributed by atoms with Crippen LogP contribution >= 0.6 is 0 Å². The highest BCUT2D eigenvalue weighted by Crippen LogP contribution is 2.18. The summed E-state index contributed by atoms with van der Waals surface area (Å²) in [6, 6.07) is 1.72. The van der Waals surface area contributed by atoms with Crippen LogP contribution in [0.15, 0.2) is 12.3 Å². The van der Waals surface area contributed by atoms with Crippen LogP contribution in [0.25, 0.3) is 5.95 Å². The summed E-state index contributed by atoms with van der Waals surface area (Å²) in [5.41, 5.74) is 8.15. The minimum atomic E-state index is 0.0678. The number of nitrogens with two attached hydrogens (primary N) is 1. The van der Waals surface area contributed by atoms with Crippen molar-refractivity contribution in [3.05, 3.63) is 23.7 Å². The third-order valence-corrected chi connectivity index (χ3v) is 2.51. The average molecular weight is 247 g/mol. The first-order valence-corrected chi connectivity index (χ1v) is 5.81. The van der Waals surface area contributed by atoms with Crippen molar-refractivity contribution in [1.82, 2.24) is 19.7 Å². The zero-order valence-corrected chi connectivity index (χ0v) is 11.0. The van der Waals surface area contributed by atoms with Crippen LogP contribution in [0.4, 0.5) is 5.69 Å². The molecule has 2 heterocycles. The van der Waals surface area contributed by atoms with Gasteiger partial charge in [0.15, 0.2) is 0 Å². The van der Waals surface area contributed by atoms with Crippen LogP contribution in [0.3, 0.4) is 0 Å². The lowest BCUT2D eigenvalue weighted by atomic mass is 10.3. The molecule has 0 fully saturated rings. The van der Waals surface area contributed by atoms with Crippen LogP contribution in [0.2, 0.25) is 0 Å². The molecule has 0 atom stereocenters. The van der Waals surface area contributed by atoms with Gasteiger partial charge in [0.2, 0.25) is 5.88 Å². The SMILES string of the molecule is Cc1nn(-c2nccc(OC(C)C)n2)c(C)c1N. The molecule has 2 rings (SSSR count). The molecular weight excluding hydrogens is 230 g/mol. The molecule has 6 heteroatoms. The van der Waals surface area contributed by atoms with Gasteiger partial charge in [0.25, 0.3) is 5.95 Å². The molecule has 0 bridgehead atoms. The average Bonchev–Trinajstić information content (AvgIpc) is 2.56. The van der Waals surface area contributed by atoms with Crippen molar-refractivity contribution < 1.29 is 4.74 Å². The van der Waals surface area contributed by atoms with Crippen molar-refractivity contribution in [2.75, 3.05) is 5.73 Å². The molecule has 0 aromatic carbocycles. The molecule has 0 aliphatic carbocycles. The summed E-state index contributed by atoms with van der Waals surface area (Å²) < 4.78 is 7.15. The van der Waals surface area contributed by atoms with E-state index in [1.807, 2.05) is 27.7 Å². The van der Waals surface area contributed by atoms with E-state index in [-0.39, 0.29) is 6.10 Å². The fraction of sp³-hybridized carbons (Fsp3) is 0.417. The van der Waals surface area contributed by atoms with E-state index in [0.717, 1.165) is 11.4 Å². The molecule has 0 saturated heterocycles. The first-order chi connectivity index (χ1) is 8.49. The number of ether oxygens (including phenoxy) is 1. The maximum absolute atomic E-state index is 5.89. The molecule has 0 aliphatic heterocycles. The van der Waals surface area contributed by atoms with Crippen molar-refractivity contribution >= 4 is 5.69 Å². The molecule has 2 aromatic rings. The zero-order chi connectivity index (χ0) is 13.3. The van der Waals surface area contributed by atoms with Crippen molar-refractivity contribution in [1.29, 1.82) is 0 Å². The normalized spacial score (nSPS) is 10.9. The number of aryl methyl sites for hydroxylation is 1. The molecule has 6 nitrogen and oxygen atoms in total. The van der Waals surface area contributed by atoms with Crippen LogP contribution in [0.1, 0.15) is 25.2 Å². The molecule has 0 radical (unpaired) electrons. The Hall–Kier alpha value is -2.11. The maximum atomic E-state index is 5.89. The van der Waals surface area contributed by atoms with Crippen molar-refractivity contribution in [2.45, 2.75) is 33.8 Å². The van der Waals surface area contributed by atoms with E-state index in [1.54, 1.807) is 16.9 Å². The number of rotatable bonds is 3. The predicted octanol–water partition coefficient (Wildman–Crippen LogP) is 1.65. The van der Waals surface area contributed by atoms with Gasteiger partial charge in [0, 0.05) is 12.3 Å². The quantitative estimate of drug-likeness (QED) is 0.892. The van der Waals surface area contributed by atoms with Gasteiger partial charge < -0.3 is 10.5 Å². The van der Waals surface area contributed by atoms with Gasteiger partial charge in [-0.05, 0) is 27.7 Å². The highest BCUT2D eigenvalue weighted by atomic mass is 16.5. The second-order valence-electron chi connectivity index (χ2n) is 4.36. The molecule has 2 aromatic heterocycles. The monoisotopic (exact) mass is 247 g/mol. The number of aromatic nitrogens is 4. The highest BCUT2D eigenvalue weighted by molar-refractivity contribution is 5.48. The molecule has 0 saturated carbocycles. The lowest BCUT2D eigenvalue weighted by Crippen LogP contribution is -2.10. The summed E-state index contributed by atoms with van der Waals surface area (Å²) in [4.78, 5) is 8.50. The minimum Gasteiger partial charge on any atom is -0.475 e. The molecule has 0 aliphatic rings. The van der Waals surface area contributed by atoms with E-state index >= 15 is 0 Å². The molecule has 0 amide bonds. The second kappa shape index (κ2) is 4.64. The maximum Gasteiger partial charge on any atom is 0.254 e. The Morgan fingerprint density at radius 3 is 2.61 bits per heavy atom. The van der Waals surface area contributed by atoms with Gasteiger partial charge in [-0.3, -0.25) is 0 Å². The van der Waals surface area contributed by atoms with Crippen LogP contribution < -0.4 is 10.5 Å². The number of nitrogen functional groups attached to an aromatic ring is 1. The van der Waals surface area contributed by atoms with E-state index in [4.69, 9.17) is 10.5 Å². The largest absolute Gasteiger partial charge is 0.475 e. The molecule has 2 N–H and O–H groups in total. The number of nitrogens with zero attached hydrogens (tertiary/aromatic N) is 4. The first-order valence-electron chi connectivity index (χ1n) is 5.81. The Morgan fingerprint density at radius 2 is 2.06 bits per heavy atom. The smallest absolute Gasteiger partial charge is 0.254 e. The fourth-order valence-corrected chi connectivity index (χ4v) is 1.59. The third kappa shape index (κ3) is 2.27. The summed E-state index contributed by atoms with van der Waals surface area (Å²) in [5, 5.41) is 4.31. The lowest BCUT2D eigenvalue weighted by molar-refractivity contribution is 0.232. The Balaban J connectivity index is 2.41. The Kier molecular flexibility index (Phi) is 3.18. The van der Waals surface area contributed by atoms with Gasteiger partial charge in [0.1, 0.15) is 0 Å². The first kappa shape index (κ1) is 12.3. The summed E-state index contributed by atoms with van der Waals surface area (Å²) in [7, 11) is 0. The second-order valence-corrected chi connectivity index (χ2v) is 4.36. The van der Waals surface area contributed by atoms with Crippen LogP contribution in [0, 0.1) is 13.8 Å². The predicted molar refractivity (Wildman–Crippen MR) is 68.8 cm³/mol. The van der Waals surface area contributed by atoms with Crippen LogP contribution in [0.5, 0.6) is 5.88 Å². The van der Waals surface area contributed by atoms with E-state index in [1.165, 1.54) is 0 Å². The third-order valence-electron chi connectivity index (χ3n) is 2.51. The van der Waals surface area contributed by atoms with Crippen LogP contribution in [-0.2, 0) is 0 Å². The standard InChI is InChI=1S/C12H17N5O/c1-7(2)18-10-5-6-14-12(15-10)17-9(4)11(13)8(3)16-17/h5-7H,13H2,1-4H3. The van der Waals surface area contributed by atoms with Crippen LogP contribution in [-0.4, -0.2) is 25.9 Å². The molecule has 0 spiro atoms. The van der Waals surface area contributed by atoms with Crippen molar-refractivity contribution in [3.8, 4) is 11.8 Å². The molecular formula is C12H17N5O. The zero-order valence-electron chi connectivity index (χ0n) is 11.0. The number of anilines is 1. The van der Waals surface area contributed by atoms with E-state index in [9.17, 15) is 0 Å². The fourth-order valence-electron chi connectivity index (χ4n) is 1.59. The topological polar surface area (TPSA) is 78.8 Å². The van der Waals surface area contributed by atoms with Gasteiger partial charge in [-0.1, -0.05) is 0 Å². The summed E-state index contributed by atoms with van der Waals surface area (Å²) in [6.07, 6.45) is 1.71. The van der Waals surface area contributed by atoms with Crippen molar-refractivity contribution in [2.24, 2.45) is 0 Å². The molecule has 18 heavy (non-hydrogen) atoms.